The molecule has 0 saturated heterocycles. The van der Waals surface area contributed by atoms with Gasteiger partial charge in [-0.05, 0) is 12.1 Å². The number of benzene rings is 1. The minimum Gasteiger partial charge on any atom is -0.361 e. The summed E-state index contributed by atoms with van der Waals surface area (Å²) in [6, 6.07) is 4.97. The molecule has 0 aliphatic carbocycles. The highest BCUT2D eigenvalue weighted by Gasteiger charge is 2.15. The Balaban J connectivity index is 2.50. The number of carbonyl (C=O) groups is 1. The fraction of sp³-hybridized carbons (Fsp3) is 0. The van der Waals surface area contributed by atoms with Gasteiger partial charge in [-0.1, -0.05) is 34.4 Å². The van der Waals surface area contributed by atoms with Gasteiger partial charge in [0.2, 0.25) is 5.82 Å². The summed E-state index contributed by atoms with van der Waals surface area (Å²) in [5.41, 5.74) is 5.46. The molecule has 5 nitrogen and oxygen atoms in total. The average molecular weight is 258 g/mol. The minimum absolute atomic E-state index is 0.168. The zero-order valence-corrected chi connectivity index (χ0v) is 9.29. The number of hydrogen-bond acceptors (Lipinski definition) is 4. The van der Waals surface area contributed by atoms with Gasteiger partial charge in [-0.3, -0.25) is 4.79 Å². The maximum absolute atomic E-state index is 10.8. The number of rotatable bonds is 2. The molecule has 1 aromatic heterocycles. The summed E-state index contributed by atoms with van der Waals surface area (Å²) in [4.78, 5) is 14.6. The van der Waals surface area contributed by atoms with E-state index in [2.05, 4.69) is 14.7 Å². The second-order valence-electron chi connectivity index (χ2n) is 2.89. The van der Waals surface area contributed by atoms with Gasteiger partial charge in [-0.2, -0.15) is 4.98 Å². The molecule has 0 bridgehead atoms. The molecule has 1 heterocycles. The molecular formula is C9H5Cl2N3O2. The third-order valence-electron chi connectivity index (χ3n) is 1.83. The number of carbonyl (C=O) groups excluding carboxylic acids is 1. The first kappa shape index (κ1) is 10.9. The average Bonchev–Trinajstić information content (AvgIpc) is 2.71. The van der Waals surface area contributed by atoms with E-state index >= 15 is 0 Å². The van der Waals surface area contributed by atoms with Crippen LogP contribution in [0.15, 0.2) is 22.7 Å². The van der Waals surface area contributed by atoms with Crippen molar-refractivity contribution in [3.05, 3.63) is 34.1 Å². The van der Waals surface area contributed by atoms with Gasteiger partial charge in [-0.25, -0.2) is 0 Å². The van der Waals surface area contributed by atoms with Gasteiger partial charge in [0.05, 0.1) is 10.0 Å². The van der Waals surface area contributed by atoms with Crippen LogP contribution in [-0.4, -0.2) is 16.0 Å². The second kappa shape index (κ2) is 4.11. The van der Waals surface area contributed by atoms with E-state index in [9.17, 15) is 4.79 Å². The maximum atomic E-state index is 10.8. The Kier molecular flexibility index (Phi) is 2.80. The molecule has 0 saturated carbocycles. The largest absolute Gasteiger partial charge is 0.361 e. The van der Waals surface area contributed by atoms with Crippen LogP contribution in [0.4, 0.5) is 0 Å². The third-order valence-corrected chi connectivity index (χ3v) is 2.65. The lowest BCUT2D eigenvalue weighted by molar-refractivity contribution is 0.0958. The first-order valence-electron chi connectivity index (χ1n) is 4.17. The topological polar surface area (TPSA) is 82.0 Å². The van der Waals surface area contributed by atoms with E-state index in [-0.39, 0.29) is 11.7 Å². The highest BCUT2D eigenvalue weighted by atomic mass is 35.5. The number of aromatic nitrogens is 2. The summed E-state index contributed by atoms with van der Waals surface area (Å²) in [6.07, 6.45) is 0. The van der Waals surface area contributed by atoms with E-state index in [1.54, 1.807) is 18.2 Å². The molecule has 0 atom stereocenters. The van der Waals surface area contributed by atoms with Crippen LogP contribution in [0.25, 0.3) is 11.4 Å². The van der Waals surface area contributed by atoms with E-state index < -0.39 is 5.91 Å². The molecule has 1 aromatic carbocycles. The van der Waals surface area contributed by atoms with Crippen molar-refractivity contribution < 1.29 is 9.32 Å². The highest BCUT2D eigenvalue weighted by Crippen LogP contribution is 2.31. The first-order chi connectivity index (χ1) is 7.59. The molecule has 2 aromatic rings. The molecule has 0 fully saturated rings. The molecule has 1 amide bonds. The predicted octanol–water partition coefficient (Wildman–Crippen LogP) is 2.14. The van der Waals surface area contributed by atoms with Gasteiger partial charge in [0.1, 0.15) is 0 Å². The molecule has 82 valence electrons. The quantitative estimate of drug-likeness (QED) is 0.894. The molecule has 0 unspecified atom stereocenters. The summed E-state index contributed by atoms with van der Waals surface area (Å²) < 4.78 is 4.64. The van der Waals surface area contributed by atoms with Crippen molar-refractivity contribution >= 4 is 29.1 Å². The Bertz CT molecular complexity index is 553. The summed E-state index contributed by atoms with van der Waals surface area (Å²) >= 11 is 11.8. The molecule has 16 heavy (non-hydrogen) atoms. The second-order valence-corrected chi connectivity index (χ2v) is 3.67. The fourth-order valence-electron chi connectivity index (χ4n) is 1.11. The Morgan fingerprint density at radius 2 is 2.12 bits per heavy atom. The van der Waals surface area contributed by atoms with Crippen LogP contribution >= 0.6 is 23.2 Å². The first-order valence-corrected chi connectivity index (χ1v) is 4.93. The Morgan fingerprint density at radius 1 is 1.38 bits per heavy atom. The summed E-state index contributed by atoms with van der Waals surface area (Å²) in [5.74, 6) is -0.899. The van der Waals surface area contributed by atoms with Gasteiger partial charge in [0, 0.05) is 5.56 Å². The summed E-state index contributed by atoms with van der Waals surface area (Å²) in [7, 11) is 0. The molecule has 0 aliphatic heterocycles. The molecule has 0 aliphatic rings. The van der Waals surface area contributed by atoms with Crippen LogP contribution in [0, 0.1) is 0 Å². The lowest BCUT2D eigenvalue weighted by Crippen LogP contribution is -2.11. The van der Waals surface area contributed by atoms with Crippen molar-refractivity contribution in [1.82, 2.24) is 10.1 Å². The van der Waals surface area contributed by atoms with Crippen molar-refractivity contribution in [3.8, 4) is 11.4 Å². The SMILES string of the molecule is NC(=O)c1nc(-c2cccc(Cl)c2Cl)no1. The van der Waals surface area contributed by atoms with Crippen molar-refractivity contribution in [1.29, 1.82) is 0 Å². The Hall–Kier alpha value is -1.59. The summed E-state index contributed by atoms with van der Waals surface area (Å²) in [6.45, 7) is 0. The van der Waals surface area contributed by atoms with Crippen LogP contribution in [0.1, 0.15) is 10.7 Å². The molecule has 0 spiro atoms. The smallest absolute Gasteiger partial charge is 0.316 e. The van der Waals surface area contributed by atoms with Gasteiger partial charge >= 0.3 is 11.8 Å². The minimum atomic E-state index is -0.795. The van der Waals surface area contributed by atoms with Crippen LogP contribution in [-0.2, 0) is 0 Å². The van der Waals surface area contributed by atoms with Crippen molar-refractivity contribution in [2.45, 2.75) is 0 Å². The third kappa shape index (κ3) is 1.87. The summed E-state index contributed by atoms with van der Waals surface area (Å²) in [5, 5.41) is 4.24. The molecule has 7 heteroatoms. The van der Waals surface area contributed by atoms with Crippen LogP contribution in [0.2, 0.25) is 10.0 Å². The number of nitrogens with two attached hydrogens (primary N) is 1. The van der Waals surface area contributed by atoms with E-state index in [4.69, 9.17) is 28.9 Å². The van der Waals surface area contributed by atoms with Crippen molar-refractivity contribution in [2.24, 2.45) is 5.73 Å². The number of hydrogen-bond donors (Lipinski definition) is 1. The number of amides is 1. The van der Waals surface area contributed by atoms with E-state index in [0.29, 0.717) is 15.6 Å². The van der Waals surface area contributed by atoms with Crippen molar-refractivity contribution in [3.63, 3.8) is 0 Å². The monoisotopic (exact) mass is 257 g/mol. The Labute approximate surface area is 100 Å². The fourth-order valence-corrected chi connectivity index (χ4v) is 1.49. The zero-order valence-electron chi connectivity index (χ0n) is 7.78. The Morgan fingerprint density at radius 3 is 2.75 bits per heavy atom. The molecule has 2 rings (SSSR count). The van der Waals surface area contributed by atoms with E-state index in [1.807, 2.05) is 0 Å². The lowest BCUT2D eigenvalue weighted by Gasteiger charge is -1.99. The van der Waals surface area contributed by atoms with Gasteiger partial charge in [0.15, 0.2) is 0 Å². The van der Waals surface area contributed by atoms with Crippen LogP contribution < -0.4 is 5.73 Å². The number of nitrogens with zero attached hydrogens (tertiary/aromatic N) is 2. The number of halogens is 2. The highest BCUT2D eigenvalue weighted by molar-refractivity contribution is 6.43. The predicted molar refractivity (Wildman–Crippen MR) is 58.3 cm³/mol. The lowest BCUT2D eigenvalue weighted by atomic mass is 10.2. The maximum Gasteiger partial charge on any atom is 0.316 e. The van der Waals surface area contributed by atoms with Crippen molar-refractivity contribution in [2.75, 3.05) is 0 Å². The van der Waals surface area contributed by atoms with Gasteiger partial charge in [-0.15, -0.1) is 0 Å². The molecule has 2 N–H and O–H groups in total. The van der Waals surface area contributed by atoms with E-state index in [0.717, 1.165) is 0 Å². The van der Waals surface area contributed by atoms with E-state index in [1.165, 1.54) is 0 Å². The van der Waals surface area contributed by atoms with Crippen LogP contribution in [0.3, 0.4) is 0 Å². The molecular weight excluding hydrogens is 253 g/mol. The van der Waals surface area contributed by atoms with Crippen LogP contribution in [0.5, 0.6) is 0 Å². The van der Waals surface area contributed by atoms with Gasteiger partial charge < -0.3 is 10.3 Å². The number of primary amides is 1. The van der Waals surface area contributed by atoms with Gasteiger partial charge in [0.25, 0.3) is 0 Å². The molecule has 0 radical (unpaired) electrons. The standard InChI is InChI=1S/C9H5Cl2N3O2/c10-5-3-1-2-4(6(5)11)8-13-9(7(12)15)16-14-8/h1-3H,(H2,12,15). The normalized spacial score (nSPS) is 10.4. The zero-order chi connectivity index (χ0) is 11.7.